The highest BCUT2D eigenvalue weighted by atomic mass is 79.9. The minimum absolute atomic E-state index is 0.107. The lowest BCUT2D eigenvalue weighted by Crippen LogP contribution is -2.32. The number of rotatable bonds is 8. The van der Waals surface area contributed by atoms with Crippen molar-refractivity contribution >= 4 is 33.2 Å². The number of hydrogen-bond acceptors (Lipinski definition) is 5. The van der Waals surface area contributed by atoms with Crippen molar-refractivity contribution in [3.05, 3.63) is 14.2 Å². The Labute approximate surface area is 125 Å². The van der Waals surface area contributed by atoms with Gasteiger partial charge in [0.15, 0.2) is 5.75 Å². The Morgan fingerprint density at radius 1 is 1.32 bits per heavy atom. The average molecular weight is 351 g/mol. The number of ether oxygens (including phenoxy) is 2. The van der Waals surface area contributed by atoms with Crippen LogP contribution in [0.5, 0.6) is 5.75 Å². The maximum Gasteiger partial charge on any atom is 0.265 e. The van der Waals surface area contributed by atoms with Gasteiger partial charge in [-0.1, -0.05) is 0 Å². The topological polar surface area (TPSA) is 59.6 Å². The molecule has 0 radical (unpaired) electrons. The molecule has 5 nitrogen and oxygen atoms in total. The molecule has 108 valence electrons. The largest absolute Gasteiger partial charge is 0.494 e. The molecule has 1 aromatic heterocycles. The van der Waals surface area contributed by atoms with Gasteiger partial charge in [-0.2, -0.15) is 0 Å². The minimum Gasteiger partial charge on any atom is -0.494 e. The molecule has 0 saturated heterocycles. The van der Waals surface area contributed by atoms with Crippen LogP contribution in [0.2, 0.25) is 0 Å². The third kappa shape index (κ3) is 4.76. The number of carbonyl (C=O) groups is 1. The maximum absolute atomic E-state index is 12.0. The fourth-order valence-corrected chi connectivity index (χ4v) is 3.15. The van der Waals surface area contributed by atoms with Gasteiger partial charge >= 0.3 is 0 Å². The second-order valence-electron chi connectivity index (χ2n) is 3.83. The first kappa shape index (κ1) is 16.4. The second kappa shape index (κ2) is 8.52. The highest BCUT2D eigenvalue weighted by molar-refractivity contribution is 9.10. The first-order valence-electron chi connectivity index (χ1n) is 5.92. The van der Waals surface area contributed by atoms with Crippen LogP contribution in [0.15, 0.2) is 4.47 Å². The zero-order chi connectivity index (χ0) is 14.3. The molecular weight excluding hydrogens is 332 g/mol. The van der Waals surface area contributed by atoms with Crippen molar-refractivity contribution in [1.29, 1.82) is 0 Å². The fraction of sp³-hybridized carbons (Fsp3) is 0.583. The van der Waals surface area contributed by atoms with E-state index in [0.717, 1.165) is 15.9 Å². The summed E-state index contributed by atoms with van der Waals surface area (Å²) in [6, 6.07) is 0. The zero-order valence-corrected chi connectivity index (χ0v) is 13.7. The van der Waals surface area contributed by atoms with E-state index >= 15 is 0 Å². The number of amides is 1. The quantitative estimate of drug-likeness (QED) is 0.701. The van der Waals surface area contributed by atoms with Gasteiger partial charge < -0.3 is 20.1 Å². The molecule has 7 heteroatoms. The molecule has 0 spiro atoms. The lowest BCUT2D eigenvalue weighted by molar-refractivity contribution is 0.0955. The van der Waals surface area contributed by atoms with Crippen molar-refractivity contribution in [2.75, 3.05) is 40.5 Å². The van der Waals surface area contributed by atoms with Gasteiger partial charge in [0.05, 0.1) is 18.2 Å². The Morgan fingerprint density at radius 2 is 2.05 bits per heavy atom. The van der Waals surface area contributed by atoms with E-state index in [1.807, 2.05) is 6.92 Å². The number of thiophene rings is 1. The summed E-state index contributed by atoms with van der Waals surface area (Å²) in [5, 5.41) is 6.02. The first-order chi connectivity index (χ1) is 9.11. The summed E-state index contributed by atoms with van der Waals surface area (Å²) in [5.41, 5.74) is 0. The van der Waals surface area contributed by atoms with Gasteiger partial charge in [-0.25, -0.2) is 0 Å². The molecule has 2 N–H and O–H groups in total. The molecule has 0 aliphatic heterocycles. The van der Waals surface area contributed by atoms with E-state index in [4.69, 9.17) is 9.47 Å². The van der Waals surface area contributed by atoms with Gasteiger partial charge in [-0.05, 0) is 22.9 Å². The highest BCUT2D eigenvalue weighted by Crippen LogP contribution is 2.38. The lowest BCUT2D eigenvalue weighted by atomic mass is 10.3. The van der Waals surface area contributed by atoms with E-state index in [9.17, 15) is 4.79 Å². The fourth-order valence-electron chi connectivity index (χ4n) is 1.48. The third-order valence-electron chi connectivity index (χ3n) is 2.45. The smallest absolute Gasteiger partial charge is 0.265 e. The standard InChI is InChI=1S/C12H19BrN2O3S/c1-8-9(13)10(18-3)11(19-8)12(16)15-5-4-14-6-7-17-2/h14H,4-7H2,1-3H3,(H,15,16). The summed E-state index contributed by atoms with van der Waals surface area (Å²) in [7, 11) is 3.22. The van der Waals surface area contributed by atoms with Gasteiger partial charge in [-0.15, -0.1) is 11.3 Å². The Balaban J connectivity index is 2.43. The molecule has 1 aromatic rings. The Morgan fingerprint density at radius 3 is 2.68 bits per heavy atom. The zero-order valence-electron chi connectivity index (χ0n) is 11.3. The number of nitrogens with one attached hydrogen (secondary N) is 2. The molecule has 0 fully saturated rings. The van der Waals surface area contributed by atoms with E-state index in [-0.39, 0.29) is 5.91 Å². The summed E-state index contributed by atoms with van der Waals surface area (Å²) in [4.78, 5) is 13.7. The van der Waals surface area contributed by atoms with Gasteiger partial charge in [0.1, 0.15) is 4.88 Å². The predicted octanol–water partition coefficient (Wildman–Crippen LogP) is 1.79. The normalized spacial score (nSPS) is 10.5. The number of methoxy groups -OCH3 is 2. The summed E-state index contributed by atoms with van der Waals surface area (Å²) in [6.07, 6.45) is 0. The molecular formula is C12H19BrN2O3S. The second-order valence-corrected chi connectivity index (χ2v) is 5.85. The Kier molecular flexibility index (Phi) is 7.37. The SMILES string of the molecule is COCCNCCNC(=O)c1sc(C)c(Br)c1OC. The van der Waals surface area contributed by atoms with Crippen LogP contribution in [0.1, 0.15) is 14.5 Å². The van der Waals surface area contributed by atoms with Crippen LogP contribution >= 0.6 is 27.3 Å². The summed E-state index contributed by atoms with van der Waals surface area (Å²) in [5.74, 6) is 0.497. The van der Waals surface area contributed by atoms with E-state index in [1.54, 1.807) is 14.2 Å². The van der Waals surface area contributed by atoms with Crippen molar-refractivity contribution in [1.82, 2.24) is 10.6 Å². The molecule has 0 aliphatic rings. The van der Waals surface area contributed by atoms with Gasteiger partial charge in [0.25, 0.3) is 5.91 Å². The van der Waals surface area contributed by atoms with Crippen LogP contribution in [-0.4, -0.2) is 46.4 Å². The predicted molar refractivity (Wildman–Crippen MR) is 80.4 cm³/mol. The van der Waals surface area contributed by atoms with Gasteiger partial charge in [0, 0.05) is 31.6 Å². The van der Waals surface area contributed by atoms with E-state index in [0.29, 0.717) is 30.3 Å². The molecule has 0 unspecified atom stereocenters. The first-order valence-corrected chi connectivity index (χ1v) is 7.53. The van der Waals surface area contributed by atoms with Gasteiger partial charge in [0.2, 0.25) is 0 Å². The van der Waals surface area contributed by atoms with E-state index < -0.39 is 0 Å². The molecule has 0 bridgehead atoms. The molecule has 1 rings (SSSR count). The molecule has 19 heavy (non-hydrogen) atoms. The molecule has 1 amide bonds. The van der Waals surface area contributed by atoms with Crippen molar-refractivity contribution < 1.29 is 14.3 Å². The Hall–Kier alpha value is -0.630. The average Bonchev–Trinajstić information content (AvgIpc) is 2.69. The molecule has 0 saturated carbocycles. The maximum atomic E-state index is 12.0. The van der Waals surface area contributed by atoms with Crippen molar-refractivity contribution in [3.8, 4) is 5.75 Å². The van der Waals surface area contributed by atoms with Crippen LogP contribution in [0.25, 0.3) is 0 Å². The van der Waals surface area contributed by atoms with Crippen molar-refractivity contribution in [3.63, 3.8) is 0 Å². The van der Waals surface area contributed by atoms with Crippen LogP contribution < -0.4 is 15.4 Å². The van der Waals surface area contributed by atoms with Crippen molar-refractivity contribution in [2.24, 2.45) is 0 Å². The Bertz CT molecular complexity index is 423. The van der Waals surface area contributed by atoms with Crippen LogP contribution in [0.3, 0.4) is 0 Å². The summed E-state index contributed by atoms with van der Waals surface area (Å²) < 4.78 is 11.0. The lowest BCUT2D eigenvalue weighted by Gasteiger charge is -2.07. The van der Waals surface area contributed by atoms with Crippen molar-refractivity contribution in [2.45, 2.75) is 6.92 Å². The van der Waals surface area contributed by atoms with Crippen LogP contribution in [0, 0.1) is 6.92 Å². The van der Waals surface area contributed by atoms with Crippen LogP contribution in [-0.2, 0) is 4.74 Å². The minimum atomic E-state index is -0.107. The third-order valence-corrected chi connectivity index (χ3v) is 4.75. The molecule has 0 aromatic carbocycles. The van der Waals surface area contributed by atoms with Crippen LogP contribution in [0.4, 0.5) is 0 Å². The summed E-state index contributed by atoms with van der Waals surface area (Å²) >= 11 is 4.84. The van der Waals surface area contributed by atoms with Gasteiger partial charge in [-0.3, -0.25) is 4.79 Å². The number of halogens is 1. The highest BCUT2D eigenvalue weighted by Gasteiger charge is 2.20. The van der Waals surface area contributed by atoms with E-state index in [2.05, 4.69) is 26.6 Å². The number of aryl methyl sites for hydroxylation is 1. The number of hydrogen-bond donors (Lipinski definition) is 2. The van der Waals surface area contributed by atoms with E-state index in [1.165, 1.54) is 11.3 Å². The summed E-state index contributed by atoms with van der Waals surface area (Å²) in [6.45, 7) is 4.67. The monoisotopic (exact) mass is 350 g/mol. The molecule has 0 aliphatic carbocycles. The molecule has 0 atom stereocenters. The number of carbonyl (C=O) groups excluding carboxylic acids is 1. The molecule has 1 heterocycles.